The second kappa shape index (κ2) is 7.76. The lowest BCUT2D eigenvalue weighted by Crippen LogP contribution is -2.31. The standard InChI is InChI=1S/C16H22FNO3/c1-10(2)6-12(8-15(19)20)9-18-16(21)14-5-4-13(17)7-11(14)3/h4-5,7,10,12H,6,8-9H2,1-3H3,(H,18,21)(H,19,20). The molecule has 0 fully saturated rings. The van der Waals surface area contributed by atoms with Crippen LogP contribution in [0.25, 0.3) is 0 Å². The summed E-state index contributed by atoms with van der Waals surface area (Å²) < 4.78 is 13.0. The topological polar surface area (TPSA) is 66.4 Å². The van der Waals surface area contributed by atoms with E-state index in [2.05, 4.69) is 5.32 Å². The molecule has 2 N–H and O–H groups in total. The van der Waals surface area contributed by atoms with Gasteiger partial charge in [-0.1, -0.05) is 13.8 Å². The van der Waals surface area contributed by atoms with E-state index < -0.39 is 5.97 Å². The monoisotopic (exact) mass is 295 g/mol. The van der Waals surface area contributed by atoms with Crippen LogP contribution in [0.5, 0.6) is 0 Å². The van der Waals surface area contributed by atoms with E-state index in [-0.39, 0.29) is 24.1 Å². The van der Waals surface area contributed by atoms with Crippen LogP contribution in [0, 0.1) is 24.6 Å². The van der Waals surface area contributed by atoms with Gasteiger partial charge in [0.05, 0.1) is 0 Å². The largest absolute Gasteiger partial charge is 0.481 e. The normalized spacial score (nSPS) is 12.2. The second-order valence-corrected chi connectivity index (χ2v) is 5.76. The molecule has 0 heterocycles. The van der Waals surface area contributed by atoms with E-state index in [1.165, 1.54) is 18.2 Å². The van der Waals surface area contributed by atoms with Gasteiger partial charge in [0.25, 0.3) is 5.91 Å². The minimum atomic E-state index is -0.868. The molecular weight excluding hydrogens is 273 g/mol. The predicted octanol–water partition coefficient (Wildman–Crippen LogP) is 3.00. The first kappa shape index (κ1) is 17.1. The van der Waals surface area contributed by atoms with Gasteiger partial charge in [0, 0.05) is 18.5 Å². The SMILES string of the molecule is Cc1cc(F)ccc1C(=O)NCC(CC(=O)O)CC(C)C. The lowest BCUT2D eigenvalue weighted by atomic mass is 9.94. The molecule has 0 aromatic heterocycles. The van der Waals surface area contributed by atoms with Gasteiger partial charge < -0.3 is 10.4 Å². The van der Waals surface area contributed by atoms with E-state index in [4.69, 9.17) is 5.11 Å². The Balaban J connectivity index is 2.65. The van der Waals surface area contributed by atoms with Gasteiger partial charge in [0.15, 0.2) is 0 Å². The van der Waals surface area contributed by atoms with E-state index in [1.54, 1.807) is 6.92 Å². The minimum Gasteiger partial charge on any atom is -0.481 e. The number of halogens is 1. The van der Waals surface area contributed by atoms with Crippen LogP contribution in [0.15, 0.2) is 18.2 Å². The molecule has 0 saturated heterocycles. The zero-order valence-corrected chi connectivity index (χ0v) is 12.6. The summed E-state index contributed by atoms with van der Waals surface area (Å²) >= 11 is 0. The zero-order valence-electron chi connectivity index (χ0n) is 12.6. The number of benzene rings is 1. The van der Waals surface area contributed by atoms with Crippen LogP contribution in [0.4, 0.5) is 4.39 Å². The highest BCUT2D eigenvalue weighted by atomic mass is 19.1. The molecule has 0 radical (unpaired) electrons. The third-order valence-corrected chi connectivity index (χ3v) is 3.25. The number of aryl methyl sites for hydroxylation is 1. The van der Waals surface area contributed by atoms with Crippen LogP contribution in [0.3, 0.4) is 0 Å². The number of carbonyl (C=O) groups excluding carboxylic acids is 1. The number of carboxylic acids is 1. The number of hydrogen-bond acceptors (Lipinski definition) is 2. The molecule has 0 saturated carbocycles. The van der Waals surface area contributed by atoms with Crippen LogP contribution >= 0.6 is 0 Å². The molecular formula is C16H22FNO3. The van der Waals surface area contributed by atoms with Gasteiger partial charge in [-0.25, -0.2) is 4.39 Å². The number of rotatable bonds is 7. The highest BCUT2D eigenvalue weighted by Gasteiger charge is 2.17. The van der Waals surface area contributed by atoms with Crippen molar-refractivity contribution in [1.82, 2.24) is 5.32 Å². The fraction of sp³-hybridized carbons (Fsp3) is 0.500. The molecule has 1 amide bonds. The summed E-state index contributed by atoms with van der Waals surface area (Å²) in [6.07, 6.45) is 0.760. The number of aliphatic carboxylic acids is 1. The van der Waals surface area contributed by atoms with Crippen LogP contribution in [0.2, 0.25) is 0 Å². The van der Waals surface area contributed by atoms with Gasteiger partial charge in [0.1, 0.15) is 5.82 Å². The maximum Gasteiger partial charge on any atom is 0.303 e. The van der Waals surface area contributed by atoms with Gasteiger partial charge in [-0.15, -0.1) is 0 Å². The van der Waals surface area contributed by atoms with Crippen molar-refractivity contribution in [3.63, 3.8) is 0 Å². The highest BCUT2D eigenvalue weighted by molar-refractivity contribution is 5.95. The molecule has 4 nitrogen and oxygen atoms in total. The molecule has 1 atom stereocenters. The molecule has 5 heteroatoms. The summed E-state index contributed by atoms with van der Waals surface area (Å²) in [5.41, 5.74) is 0.973. The molecule has 1 unspecified atom stereocenters. The first-order valence-electron chi connectivity index (χ1n) is 7.05. The third kappa shape index (κ3) is 5.94. The van der Waals surface area contributed by atoms with Crippen molar-refractivity contribution in [3.05, 3.63) is 35.1 Å². The predicted molar refractivity (Wildman–Crippen MR) is 78.7 cm³/mol. The minimum absolute atomic E-state index is 0.0286. The van der Waals surface area contributed by atoms with E-state index >= 15 is 0 Å². The fourth-order valence-electron chi connectivity index (χ4n) is 2.37. The summed E-state index contributed by atoms with van der Waals surface area (Å²) in [6.45, 7) is 6.00. The van der Waals surface area contributed by atoms with Crippen molar-refractivity contribution in [2.24, 2.45) is 11.8 Å². The summed E-state index contributed by atoms with van der Waals surface area (Å²) in [6, 6.07) is 3.98. The molecule has 116 valence electrons. The Labute approximate surface area is 124 Å². The molecule has 0 aliphatic rings. The summed E-state index contributed by atoms with van der Waals surface area (Å²) in [5.74, 6) is -1.29. The molecule has 0 aliphatic carbocycles. The van der Waals surface area contributed by atoms with Crippen LogP contribution in [-0.4, -0.2) is 23.5 Å². The number of carboxylic acid groups (broad SMARTS) is 1. The Morgan fingerprint density at radius 2 is 2.00 bits per heavy atom. The molecule has 21 heavy (non-hydrogen) atoms. The Bertz CT molecular complexity index is 514. The fourth-order valence-corrected chi connectivity index (χ4v) is 2.37. The van der Waals surface area contributed by atoms with Gasteiger partial charge in [-0.3, -0.25) is 9.59 Å². The third-order valence-electron chi connectivity index (χ3n) is 3.25. The first-order valence-corrected chi connectivity index (χ1v) is 7.05. The molecule has 0 aliphatic heterocycles. The van der Waals surface area contributed by atoms with Gasteiger partial charge in [-0.05, 0) is 48.9 Å². The number of carbonyl (C=O) groups is 2. The number of nitrogens with one attached hydrogen (secondary N) is 1. The summed E-state index contributed by atoms with van der Waals surface area (Å²) in [4.78, 5) is 22.9. The number of hydrogen-bond donors (Lipinski definition) is 2. The average molecular weight is 295 g/mol. The van der Waals surface area contributed by atoms with Gasteiger partial charge >= 0.3 is 5.97 Å². The van der Waals surface area contributed by atoms with Crippen molar-refractivity contribution in [1.29, 1.82) is 0 Å². The Morgan fingerprint density at radius 1 is 1.33 bits per heavy atom. The Morgan fingerprint density at radius 3 is 2.52 bits per heavy atom. The number of amides is 1. The van der Waals surface area contributed by atoms with Crippen LogP contribution in [-0.2, 0) is 4.79 Å². The van der Waals surface area contributed by atoms with Crippen molar-refractivity contribution in [2.75, 3.05) is 6.54 Å². The van der Waals surface area contributed by atoms with Gasteiger partial charge in [0.2, 0.25) is 0 Å². The first-order chi connectivity index (χ1) is 9.79. The second-order valence-electron chi connectivity index (χ2n) is 5.76. The van der Waals surface area contributed by atoms with Gasteiger partial charge in [-0.2, -0.15) is 0 Å². The maximum absolute atomic E-state index is 13.0. The molecule has 0 spiro atoms. The lowest BCUT2D eigenvalue weighted by molar-refractivity contribution is -0.138. The van der Waals surface area contributed by atoms with E-state index in [9.17, 15) is 14.0 Å². The van der Waals surface area contributed by atoms with E-state index in [0.29, 0.717) is 23.6 Å². The van der Waals surface area contributed by atoms with Crippen molar-refractivity contribution >= 4 is 11.9 Å². The quantitative estimate of drug-likeness (QED) is 0.812. The van der Waals surface area contributed by atoms with Crippen molar-refractivity contribution < 1.29 is 19.1 Å². The molecule has 0 bridgehead atoms. The Kier molecular flexibility index (Phi) is 6.34. The van der Waals surface area contributed by atoms with E-state index in [1.807, 2.05) is 13.8 Å². The molecule has 1 aromatic carbocycles. The van der Waals surface area contributed by atoms with Crippen molar-refractivity contribution in [2.45, 2.75) is 33.6 Å². The van der Waals surface area contributed by atoms with Crippen molar-refractivity contribution in [3.8, 4) is 0 Å². The molecule has 1 rings (SSSR count). The smallest absolute Gasteiger partial charge is 0.303 e. The summed E-state index contributed by atoms with van der Waals surface area (Å²) in [7, 11) is 0. The van der Waals surface area contributed by atoms with E-state index in [0.717, 1.165) is 6.42 Å². The lowest BCUT2D eigenvalue weighted by Gasteiger charge is -2.18. The summed E-state index contributed by atoms with van der Waals surface area (Å²) in [5, 5.41) is 11.6. The molecule has 1 aromatic rings. The zero-order chi connectivity index (χ0) is 16.0. The highest BCUT2D eigenvalue weighted by Crippen LogP contribution is 2.15. The average Bonchev–Trinajstić information content (AvgIpc) is 2.34. The Hall–Kier alpha value is -1.91. The van der Waals surface area contributed by atoms with Crippen LogP contribution < -0.4 is 5.32 Å². The maximum atomic E-state index is 13.0. The van der Waals surface area contributed by atoms with Crippen LogP contribution in [0.1, 0.15) is 42.6 Å².